The van der Waals surface area contributed by atoms with Gasteiger partial charge in [0.15, 0.2) is 4.73 Å². The fourth-order valence-electron chi connectivity index (χ4n) is 0.632. The maximum atomic E-state index is 10.6. The SMILES string of the molecule is COCn1nc(C(N)=O)nc1Br. The lowest BCUT2D eigenvalue weighted by Gasteiger charge is -1.96. The number of carbonyl (C=O) groups excluding carboxylic acids is 1. The molecule has 7 heteroatoms. The van der Waals surface area contributed by atoms with Crippen molar-refractivity contribution in [3.8, 4) is 0 Å². The summed E-state index contributed by atoms with van der Waals surface area (Å²) in [6, 6.07) is 0. The highest BCUT2D eigenvalue weighted by atomic mass is 79.9. The number of methoxy groups -OCH3 is 1. The molecule has 66 valence electrons. The van der Waals surface area contributed by atoms with Crippen molar-refractivity contribution in [2.24, 2.45) is 5.73 Å². The van der Waals surface area contributed by atoms with Gasteiger partial charge >= 0.3 is 0 Å². The molecule has 0 bridgehead atoms. The van der Waals surface area contributed by atoms with E-state index in [4.69, 9.17) is 10.5 Å². The van der Waals surface area contributed by atoms with Gasteiger partial charge < -0.3 is 10.5 Å². The molecule has 0 spiro atoms. The molecule has 0 aliphatic heterocycles. The summed E-state index contributed by atoms with van der Waals surface area (Å²) in [5, 5.41) is 3.76. The van der Waals surface area contributed by atoms with Crippen LogP contribution in [0.2, 0.25) is 0 Å². The zero-order valence-electron chi connectivity index (χ0n) is 6.32. The first kappa shape index (κ1) is 9.14. The van der Waals surface area contributed by atoms with Crippen LogP contribution >= 0.6 is 15.9 Å². The van der Waals surface area contributed by atoms with Gasteiger partial charge in [-0.2, -0.15) is 4.98 Å². The molecule has 0 aromatic carbocycles. The van der Waals surface area contributed by atoms with Crippen LogP contribution in [0.3, 0.4) is 0 Å². The topological polar surface area (TPSA) is 83.0 Å². The van der Waals surface area contributed by atoms with Crippen molar-refractivity contribution in [1.82, 2.24) is 14.8 Å². The summed E-state index contributed by atoms with van der Waals surface area (Å²) < 4.78 is 6.57. The molecular weight excluding hydrogens is 228 g/mol. The lowest BCUT2D eigenvalue weighted by Crippen LogP contribution is -2.13. The minimum Gasteiger partial charge on any atom is -0.363 e. The van der Waals surface area contributed by atoms with Crippen LogP contribution in [-0.4, -0.2) is 27.8 Å². The highest BCUT2D eigenvalue weighted by Gasteiger charge is 2.10. The zero-order valence-corrected chi connectivity index (χ0v) is 7.91. The third-order valence-corrected chi connectivity index (χ3v) is 1.69. The first-order valence-electron chi connectivity index (χ1n) is 3.04. The van der Waals surface area contributed by atoms with Crippen LogP contribution in [0.4, 0.5) is 0 Å². The fraction of sp³-hybridized carbons (Fsp3) is 0.400. The minimum atomic E-state index is -0.662. The Morgan fingerprint density at radius 2 is 2.50 bits per heavy atom. The number of amides is 1. The molecule has 12 heavy (non-hydrogen) atoms. The normalized spacial score (nSPS) is 10.2. The number of ether oxygens (including phenoxy) is 1. The molecule has 0 radical (unpaired) electrons. The second kappa shape index (κ2) is 3.63. The van der Waals surface area contributed by atoms with Crippen LogP contribution < -0.4 is 5.73 Å². The van der Waals surface area contributed by atoms with E-state index in [0.29, 0.717) is 4.73 Å². The molecule has 0 atom stereocenters. The molecule has 1 aromatic rings. The number of rotatable bonds is 3. The maximum absolute atomic E-state index is 10.6. The van der Waals surface area contributed by atoms with Crippen molar-refractivity contribution in [3.63, 3.8) is 0 Å². The number of nitrogens with zero attached hydrogens (tertiary/aromatic N) is 3. The van der Waals surface area contributed by atoms with Crippen molar-refractivity contribution in [1.29, 1.82) is 0 Å². The number of hydrogen-bond donors (Lipinski definition) is 1. The van der Waals surface area contributed by atoms with Gasteiger partial charge in [0.05, 0.1) is 0 Å². The number of nitrogens with two attached hydrogens (primary N) is 1. The lowest BCUT2D eigenvalue weighted by atomic mass is 10.6. The number of aromatic nitrogens is 3. The van der Waals surface area contributed by atoms with Crippen LogP contribution in [0.5, 0.6) is 0 Å². The third-order valence-electron chi connectivity index (χ3n) is 1.10. The van der Waals surface area contributed by atoms with Gasteiger partial charge in [-0.05, 0) is 15.9 Å². The Balaban J connectivity index is 2.92. The van der Waals surface area contributed by atoms with Gasteiger partial charge in [0.1, 0.15) is 6.73 Å². The molecule has 0 fully saturated rings. The van der Waals surface area contributed by atoms with Crippen LogP contribution in [0.25, 0.3) is 0 Å². The molecule has 1 heterocycles. The van der Waals surface area contributed by atoms with Gasteiger partial charge in [-0.15, -0.1) is 5.10 Å². The van der Waals surface area contributed by atoms with E-state index in [1.165, 1.54) is 11.8 Å². The largest absolute Gasteiger partial charge is 0.363 e. The Morgan fingerprint density at radius 1 is 1.83 bits per heavy atom. The van der Waals surface area contributed by atoms with Gasteiger partial charge in [0.25, 0.3) is 5.91 Å². The molecule has 0 unspecified atom stereocenters. The van der Waals surface area contributed by atoms with Crippen LogP contribution in [0, 0.1) is 0 Å². The quantitative estimate of drug-likeness (QED) is 0.782. The predicted octanol–water partition coefficient (Wildman–Crippen LogP) is -0.257. The van der Waals surface area contributed by atoms with E-state index in [0.717, 1.165) is 0 Å². The van der Waals surface area contributed by atoms with Crippen molar-refractivity contribution in [2.75, 3.05) is 7.11 Å². The first-order valence-corrected chi connectivity index (χ1v) is 3.83. The monoisotopic (exact) mass is 234 g/mol. The molecule has 6 nitrogen and oxygen atoms in total. The van der Waals surface area contributed by atoms with Crippen LogP contribution in [0.1, 0.15) is 10.6 Å². The van der Waals surface area contributed by atoms with E-state index in [9.17, 15) is 4.79 Å². The molecule has 2 N–H and O–H groups in total. The van der Waals surface area contributed by atoms with Crippen molar-refractivity contribution < 1.29 is 9.53 Å². The summed E-state index contributed by atoms with van der Waals surface area (Å²) in [7, 11) is 1.51. The predicted molar refractivity (Wildman–Crippen MR) is 43.2 cm³/mol. The summed E-state index contributed by atoms with van der Waals surface area (Å²) in [5.41, 5.74) is 4.95. The summed E-state index contributed by atoms with van der Waals surface area (Å²) >= 11 is 3.09. The van der Waals surface area contributed by atoms with E-state index in [1.807, 2.05) is 0 Å². The molecule has 0 saturated carbocycles. The van der Waals surface area contributed by atoms with Crippen molar-refractivity contribution in [2.45, 2.75) is 6.73 Å². The smallest absolute Gasteiger partial charge is 0.288 e. The second-order valence-corrected chi connectivity index (χ2v) is 2.70. The van der Waals surface area contributed by atoms with Gasteiger partial charge in [-0.1, -0.05) is 0 Å². The Labute approximate surface area is 76.8 Å². The average Bonchev–Trinajstić information content (AvgIpc) is 2.34. The van der Waals surface area contributed by atoms with Crippen LogP contribution in [-0.2, 0) is 11.5 Å². The van der Waals surface area contributed by atoms with Gasteiger partial charge in [-0.25, -0.2) is 4.68 Å². The number of carbonyl (C=O) groups is 1. The Hall–Kier alpha value is -0.950. The minimum absolute atomic E-state index is 0.0288. The summed E-state index contributed by atoms with van der Waals surface area (Å²) in [6.07, 6.45) is 0. The molecular formula is C5H7BrN4O2. The van der Waals surface area contributed by atoms with Gasteiger partial charge in [0.2, 0.25) is 5.82 Å². The van der Waals surface area contributed by atoms with Gasteiger partial charge in [0, 0.05) is 7.11 Å². The van der Waals surface area contributed by atoms with Crippen molar-refractivity contribution >= 4 is 21.8 Å². The molecule has 0 aliphatic rings. The zero-order chi connectivity index (χ0) is 9.14. The standard InChI is InChI=1S/C5H7BrN4O2/c1-12-2-10-5(6)8-4(9-10)3(7)11/h2H2,1H3,(H2,7,11). The van der Waals surface area contributed by atoms with Crippen molar-refractivity contribution in [3.05, 3.63) is 10.6 Å². The molecule has 1 rings (SSSR count). The molecule has 0 aliphatic carbocycles. The first-order chi connectivity index (χ1) is 5.65. The van der Waals surface area contributed by atoms with E-state index in [1.54, 1.807) is 0 Å². The van der Waals surface area contributed by atoms with E-state index in [2.05, 4.69) is 26.0 Å². The van der Waals surface area contributed by atoms with E-state index >= 15 is 0 Å². The number of hydrogen-bond acceptors (Lipinski definition) is 4. The van der Waals surface area contributed by atoms with Gasteiger partial charge in [-0.3, -0.25) is 4.79 Å². The van der Waals surface area contributed by atoms with E-state index in [-0.39, 0.29) is 12.6 Å². The van der Waals surface area contributed by atoms with E-state index < -0.39 is 5.91 Å². The average molecular weight is 235 g/mol. The highest BCUT2D eigenvalue weighted by Crippen LogP contribution is 2.05. The second-order valence-electron chi connectivity index (χ2n) is 1.99. The summed E-state index contributed by atoms with van der Waals surface area (Å²) in [6.45, 7) is 0.223. The number of halogens is 1. The lowest BCUT2D eigenvalue weighted by molar-refractivity contribution is 0.0983. The summed E-state index contributed by atoms with van der Waals surface area (Å²) in [4.78, 5) is 14.3. The maximum Gasteiger partial charge on any atom is 0.288 e. The van der Waals surface area contributed by atoms with Crippen LogP contribution in [0.15, 0.2) is 4.73 Å². The highest BCUT2D eigenvalue weighted by molar-refractivity contribution is 9.10. The Bertz CT molecular complexity index is 298. The fourth-order valence-corrected chi connectivity index (χ4v) is 0.981. The molecule has 1 amide bonds. The molecule has 0 saturated heterocycles. The summed E-state index contributed by atoms with van der Waals surface area (Å²) in [5.74, 6) is -0.690. The molecule has 1 aromatic heterocycles. The Kier molecular flexibility index (Phi) is 2.77. The number of primary amides is 1. The third kappa shape index (κ3) is 1.80. The Morgan fingerprint density at radius 3 is 2.92 bits per heavy atom.